The minimum atomic E-state index is 0.254. The smallest absolute Gasteiger partial charge is 0.296 e. The maximum atomic E-state index is 9.72. The number of benzene rings is 1. The average Bonchev–Trinajstić information content (AvgIpc) is 2.87. The highest BCUT2D eigenvalue weighted by molar-refractivity contribution is 5.95. The van der Waals surface area contributed by atoms with Crippen LogP contribution in [0.5, 0.6) is 5.75 Å². The normalized spacial score (nSPS) is 15.3. The number of hydrogen-bond donors (Lipinski definition) is 1. The van der Waals surface area contributed by atoms with Crippen molar-refractivity contribution in [2.45, 2.75) is 0 Å². The van der Waals surface area contributed by atoms with Crippen molar-refractivity contribution in [3.05, 3.63) is 30.5 Å². The van der Waals surface area contributed by atoms with Gasteiger partial charge in [-0.2, -0.15) is 0 Å². The quantitative estimate of drug-likeness (QED) is 0.705. The summed E-state index contributed by atoms with van der Waals surface area (Å²) in [6.45, 7) is 1.30. The Morgan fingerprint density at radius 1 is 1.33 bits per heavy atom. The summed E-state index contributed by atoms with van der Waals surface area (Å²) in [5, 5.41) is 10.5. The maximum absolute atomic E-state index is 9.72. The summed E-state index contributed by atoms with van der Waals surface area (Å²) < 4.78 is 7.14. The van der Waals surface area contributed by atoms with E-state index in [1.807, 2.05) is 24.3 Å². The van der Waals surface area contributed by atoms with Crippen molar-refractivity contribution >= 4 is 16.9 Å². The number of nitrogens with zero attached hydrogens (tertiary/aromatic N) is 2. The van der Waals surface area contributed by atoms with Gasteiger partial charge in [0.1, 0.15) is 12.4 Å². The first-order valence-electron chi connectivity index (χ1n) is 4.83. The van der Waals surface area contributed by atoms with Gasteiger partial charge in [-0.05, 0) is 12.1 Å². The standard InChI is InChI=1S/C11H10N2O2/c14-10-7-13(11-12-5-6-15-11)9-4-2-1-3-8(9)10/h1-4,7,14H,5-6H2. The van der Waals surface area contributed by atoms with E-state index in [0.717, 1.165) is 10.9 Å². The minimum absolute atomic E-state index is 0.254. The molecule has 2 aromatic rings. The van der Waals surface area contributed by atoms with Gasteiger partial charge in [0, 0.05) is 5.39 Å². The van der Waals surface area contributed by atoms with Gasteiger partial charge in [0.15, 0.2) is 0 Å². The zero-order valence-corrected chi connectivity index (χ0v) is 8.05. The zero-order chi connectivity index (χ0) is 10.3. The lowest BCUT2D eigenvalue weighted by molar-refractivity contribution is 0.335. The predicted molar refractivity (Wildman–Crippen MR) is 57.3 cm³/mol. The Balaban J connectivity index is 2.26. The molecule has 0 saturated carbocycles. The molecule has 1 aliphatic heterocycles. The van der Waals surface area contributed by atoms with Crippen LogP contribution in [0, 0.1) is 0 Å². The van der Waals surface area contributed by atoms with Gasteiger partial charge in [0.2, 0.25) is 0 Å². The van der Waals surface area contributed by atoms with Gasteiger partial charge in [0.25, 0.3) is 6.02 Å². The second-order valence-corrected chi connectivity index (χ2v) is 3.41. The molecular formula is C11H10N2O2. The number of aromatic hydroxyl groups is 1. The van der Waals surface area contributed by atoms with Crippen LogP contribution in [0.1, 0.15) is 0 Å². The number of rotatable bonds is 0. The number of aliphatic imine (C=N–C) groups is 1. The summed E-state index contributed by atoms with van der Waals surface area (Å²) in [7, 11) is 0. The van der Waals surface area contributed by atoms with Crippen molar-refractivity contribution in [2.75, 3.05) is 13.2 Å². The molecule has 0 fully saturated rings. The second kappa shape index (κ2) is 3.02. The van der Waals surface area contributed by atoms with E-state index in [0.29, 0.717) is 19.2 Å². The fourth-order valence-corrected chi connectivity index (χ4v) is 1.79. The Bertz CT molecular complexity index is 543. The average molecular weight is 202 g/mol. The van der Waals surface area contributed by atoms with Crippen LogP contribution in [-0.2, 0) is 4.74 Å². The van der Waals surface area contributed by atoms with Crippen LogP contribution in [0.3, 0.4) is 0 Å². The molecule has 3 rings (SSSR count). The zero-order valence-electron chi connectivity index (χ0n) is 8.05. The molecule has 0 unspecified atom stereocenters. The van der Waals surface area contributed by atoms with Gasteiger partial charge < -0.3 is 9.84 Å². The number of ether oxygens (including phenoxy) is 1. The largest absolute Gasteiger partial charge is 0.506 e. The molecule has 0 spiro atoms. The van der Waals surface area contributed by atoms with E-state index >= 15 is 0 Å². The third kappa shape index (κ3) is 1.18. The summed E-state index contributed by atoms with van der Waals surface area (Å²) in [6, 6.07) is 8.18. The van der Waals surface area contributed by atoms with Crippen molar-refractivity contribution in [2.24, 2.45) is 4.99 Å². The Kier molecular flexibility index (Phi) is 1.68. The van der Waals surface area contributed by atoms with Crippen LogP contribution in [0.4, 0.5) is 0 Å². The topological polar surface area (TPSA) is 46.8 Å². The lowest BCUT2D eigenvalue weighted by Gasteiger charge is -2.03. The molecule has 0 aliphatic carbocycles. The molecule has 15 heavy (non-hydrogen) atoms. The van der Waals surface area contributed by atoms with Crippen LogP contribution in [-0.4, -0.2) is 28.8 Å². The Morgan fingerprint density at radius 2 is 2.20 bits per heavy atom. The van der Waals surface area contributed by atoms with E-state index in [1.54, 1.807) is 10.8 Å². The van der Waals surface area contributed by atoms with E-state index in [2.05, 4.69) is 4.99 Å². The predicted octanol–water partition coefficient (Wildman–Crippen LogP) is 1.58. The van der Waals surface area contributed by atoms with Gasteiger partial charge in [-0.25, -0.2) is 4.99 Å². The van der Waals surface area contributed by atoms with Gasteiger partial charge in [-0.15, -0.1) is 0 Å². The molecule has 1 aromatic carbocycles. The highest BCUT2D eigenvalue weighted by atomic mass is 16.5. The van der Waals surface area contributed by atoms with Gasteiger partial charge in [0.05, 0.1) is 18.3 Å². The van der Waals surface area contributed by atoms with Gasteiger partial charge >= 0.3 is 0 Å². The van der Waals surface area contributed by atoms with Crippen LogP contribution in [0.25, 0.3) is 10.9 Å². The Labute approximate surface area is 86.4 Å². The van der Waals surface area contributed by atoms with Crippen molar-refractivity contribution in [3.8, 4) is 5.75 Å². The molecule has 0 amide bonds. The van der Waals surface area contributed by atoms with Gasteiger partial charge in [-0.3, -0.25) is 4.57 Å². The van der Waals surface area contributed by atoms with E-state index < -0.39 is 0 Å². The number of para-hydroxylation sites is 1. The third-order valence-corrected chi connectivity index (χ3v) is 2.47. The van der Waals surface area contributed by atoms with Crippen molar-refractivity contribution in [3.63, 3.8) is 0 Å². The molecule has 76 valence electrons. The maximum Gasteiger partial charge on any atom is 0.296 e. The summed E-state index contributed by atoms with van der Waals surface area (Å²) in [6.07, 6.45) is 1.63. The lowest BCUT2D eigenvalue weighted by atomic mass is 10.2. The SMILES string of the molecule is Oc1cn(C2=NCCO2)c2ccccc12. The van der Waals surface area contributed by atoms with Crippen molar-refractivity contribution in [1.29, 1.82) is 0 Å². The molecule has 1 aliphatic rings. The fourth-order valence-electron chi connectivity index (χ4n) is 1.79. The summed E-state index contributed by atoms with van der Waals surface area (Å²) >= 11 is 0. The fraction of sp³-hybridized carbons (Fsp3) is 0.182. The summed E-state index contributed by atoms with van der Waals surface area (Å²) in [4.78, 5) is 4.22. The minimum Gasteiger partial charge on any atom is -0.506 e. The summed E-state index contributed by atoms with van der Waals surface area (Å²) in [5.41, 5.74) is 0.913. The van der Waals surface area contributed by atoms with E-state index in [4.69, 9.17) is 4.74 Å². The molecule has 0 bridgehead atoms. The Morgan fingerprint density at radius 3 is 3.00 bits per heavy atom. The number of hydrogen-bond acceptors (Lipinski definition) is 3. The van der Waals surface area contributed by atoms with Gasteiger partial charge in [-0.1, -0.05) is 12.1 Å². The molecule has 1 N–H and O–H groups in total. The highest BCUT2D eigenvalue weighted by Gasteiger charge is 2.14. The van der Waals surface area contributed by atoms with E-state index in [9.17, 15) is 5.11 Å². The van der Waals surface area contributed by atoms with Crippen LogP contribution in [0.15, 0.2) is 35.5 Å². The molecule has 0 atom stereocenters. The van der Waals surface area contributed by atoms with Crippen molar-refractivity contribution in [1.82, 2.24) is 4.57 Å². The van der Waals surface area contributed by atoms with Crippen LogP contribution in [0.2, 0.25) is 0 Å². The van der Waals surface area contributed by atoms with Crippen LogP contribution < -0.4 is 0 Å². The first-order chi connectivity index (χ1) is 7.36. The van der Waals surface area contributed by atoms with Crippen LogP contribution >= 0.6 is 0 Å². The van der Waals surface area contributed by atoms with Crippen molar-refractivity contribution < 1.29 is 9.84 Å². The first-order valence-corrected chi connectivity index (χ1v) is 4.83. The summed E-state index contributed by atoms with van der Waals surface area (Å²) in [5.74, 6) is 0.254. The molecule has 4 nitrogen and oxygen atoms in total. The third-order valence-electron chi connectivity index (χ3n) is 2.47. The monoisotopic (exact) mass is 202 g/mol. The molecule has 4 heteroatoms. The van der Waals surface area contributed by atoms with E-state index in [-0.39, 0.29) is 5.75 Å². The molecular weight excluding hydrogens is 192 g/mol. The second-order valence-electron chi connectivity index (χ2n) is 3.41. The molecule has 2 heterocycles. The molecule has 0 radical (unpaired) electrons. The lowest BCUT2D eigenvalue weighted by Crippen LogP contribution is -2.10. The number of aromatic nitrogens is 1. The molecule has 0 saturated heterocycles. The number of fused-ring (bicyclic) bond motifs is 1. The first kappa shape index (κ1) is 8.35. The highest BCUT2D eigenvalue weighted by Crippen LogP contribution is 2.26. The Hall–Kier alpha value is -1.97. The molecule has 1 aromatic heterocycles. The van der Waals surface area contributed by atoms with E-state index in [1.165, 1.54) is 0 Å².